The van der Waals surface area contributed by atoms with Gasteiger partial charge in [0.15, 0.2) is 0 Å². The molecule has 70 valence electrons. The number of primary amides is 1. The number of nitrogens with one attached hydrogen (secondary N) is 1. The largest absolute Gasteiger partial charge is 0.351 e. The molecule has 0 unspecified atom stereocenters. The van der Waals surface area contributed by atoms with Gasteiger partial charge in [-0.3, -0.25) is 14.8 Å². The Morgan fingerprint density at radius 3 is 2.85 bits per heavy atom. The van der Waals surface area contributed by atoms with Crippen LogP contribution in [-0.2, 0) is 11.3 Å². The SMILES string of the molecule is Cc1ccn(CC(=O)NC(N)=O)n1. The van der Waals surface area contributed by atoms with E-state index in [2.05, 4.69) is 5.10 Å². The molecule has 1 heterocycles. The van der Waals surface area contributed by atoms with Crippen LogP contribution in [0.15, 0.2) is 12.3 Å². The number of rotatable bonds is 2. The number of hydrogen-bond acceptors (Lipinski definition) is 3. The van der Waals surface area contributed by atoms with Crippen LogP contribution in [0.5, 0.6) is 0 Å². The molecule has 0 aliphatic rings. The first kappa shape index (κ1) is 9.24. The van der Waals surface area contributed by atoms with E-state index in [0.29, 0.717) is 0 Å². The normalized spacial score (nSPS) is 9.62. The second kappa shape index (κ2) is 3.70. The third-order valence-electron chi connectivity index (χ3n) is 1.34. The number of carbonyl (C=O) groups excluding carboxylic acids is 2. The van der Waals surface area contributed by atoms with Crippen molar-refractivity contribution in [1.82, 2.24) is 15.1 Å². The quantitative estimate of drug-likeness (QED) is 0.639. The number of nitrogens with zero attached hydrogens (tertiary/aromatic N) is 2. The van der Waals surface area contributed by atoms with Gasteiger partial charge >= 0.3 is 6.03 Å². The summed E-state index contributed by atoms with van der Waals surface area (Å²) in [5.74, 6) is -0.476. The standard InChI is InChI=1S/C7H10N4O2/c1-5-2-3-11(10-5)4-6(12)9-7(8)13/h2-3H,4H2,1H3,(H3,8,9,12,13). The molecule has 0 bridgehead atoms. The molecule has 3 N–H and O–H groups in total. The van der Waals surface area contributed by atoms with Crippen LogP contribution in [0.25, 0.3) is 0 Å². The fourth-order valence-electron chi connectivity index (χ4n) is 0.875. The Morgan fingerprint density at radius 2 is 2.38 bits per heavy atom. The van der Waals surface area contributed by atoms with Gasteiger partial charge in [-0.1, -0.05) is 0 Å². The molecule has 3 amide bonds. The zero-order valence-electron chi connectivity index (χ0n) is 7.15. The van der Waals surface area contributed by atoms with E-state index in [0.717, 1.165) is 5.69 Å². The molecule has 0 aliphatic heterocycles. The average molecular weight is 182 g/mol. The van der Waals surface area contributed by atoms with E-state index < -0.39 is 11.9 Å². The van der Waals surface area contributed by atoms with E-state index in [-0.39, 0.29) is 6.54 Å². The van der Waals surface area contributed by atoms with Crippen molar-refractivity contribution in [2.75, 3.05) is 0 Å². The van der Waals surface area contributed by atoms with E-state index in [1.54, 1.807) is 12.3 Å². The number of nitrogens with two attached hydrogens (primary N) is 1. The second-order valence-corrected chi connectivity index (χ2v) is 2.57. The zero-order chi connectivity index (χ0) is 9.84. The van der Waals surface area contributed by atoms with Gasteiger partial charge < -0.3 is 5.73 Å². The molecule has 0 aromatic carbocycles. The summed E-state index contributed by atoms with van der Waals surface area (Å²) >= 11 is 0. The molecule has 0 atom stereocenters. The predicted molar refractivity (Wildman–Crippen MR) is 44.7 cm³/mol. The molecule has 6 heteroatoms. The third kappa shape index (κ3) is 2.94. The van der Waals surface area contributed by atoms with Crippen LogP contribution in [0.2, 0.25) is 0 Å². The molecule has 0 fully saturated rings. The number of hydrogen-bond donors (Lipinski definition) is 2. The first-order valence-electron chi connectivity index (χ1n) is 3.67. The molecule has 0 saturated carbocycles. The average Bonchev–Trinajstić information content (AvgIpc) is 2.33. The van der Waals surface area contributed by atoms with Gasteiger partial charge in [0.05, 0.1) is 5.69 Å². The molecule has 1 aromatic heterocycles. The van der Waals surface area contributed by atoms with E-state index in [1.807, 2.05) is 12.2 Å². The number of aromatic nitrogens is 2. The van der Waals surface area contributed by atoms with Crippen LogP contribution in [0, 0.1) is 6.92 Å². The Hall–Kier alpha value is -1.85. The van der Waals surface area contributed by atoms with Crippen molar-refractivity contribution in [2.45, 2.75) is 13.5 Å². The molecule has 1 rings (SSSR count). The molecule has 0 radical (unpaired) electrons. The molecule has 6 nitrogen and oxygen atoms in total. The molecule has 0 spiro atoms. The molecular weight excluding hydrogens is 172 g/mol. The first-order chi connectivity index (χ1) is 6.08. The monoisotopic (exact) mass is 182 g/mol. The summed E-state index contributed by atoms with van der Waals surface area (Å²) in [5, 5.41) is 5.90. The smallest absolute Gasteiger partial charge is 0.318 e. The van der Waals surface area contributed by atoms with Crippen molar-refractivity contribution in [3.8, 4) is 0 Å². The van der Waals surface area contributed by atoms with E-state index in [4.69, 9.17) is 5.73 Å². The van der Waals surface area contributed by atoms with Gasteiger partial charge in [-0.05, 0) is 13.0 Å². The van der Waals surface area contributed by atoms with Crippen LogP contribution in [0.1, 0.15) is 5.69 Å². The minimum absolute atomic E-state index is 0.00319. The Morgan fingerprint density at radius 1 is 1.69 bits per heavy atom. The summed E-state index contributed by atoms with van der Waals surface area (Å²) in [7, 11) is 0. The summed E-state index contributed by atoms with van der Waals surface area (Å²) < 4.78 is 1.42. The minimum atomic E-state index is -0.853. The maximum atomic E-state index is 11.0. The highest BCUT2D eigenvalue weighted by molar-refractivity contribution is 5.93. The highest BCUT2D eigenvalue weighted by Gasteiger charge is 2.04. The van der Waals surface area contributed by atoms with Crippen molar-refractivity contribution in [3.05, 3.63) is 18.0 Å². The lowest BCUT2D eigenvalue weighted by Crippen LogP contribution is -2.37. The van der Waals surface area contributed by atoms with Crippen LogP contribution < -0.4 is 11.1 Å². The van der Waals surface area contributed by atoms with Crippen molar-refractivity contribution in [1.29, 1.82) is 0 Å². The van der Waals surface area contributed by atoms with Crippen LogP contribution >= 0.6 is 0 Å². The Bertz CT molecular complexity index is 331. The maximum Gasteiger partial charge on any atom is 0.318 e. The van der Waals surface area contributed by atoms with Gasteiger partial charge in [-0.25, -0.2) is 4.79 Å². The molecule has 1 aromatic rings. The first-order valence-corrected chi connectivity index (χ1v) is 3.67. The number of carbonyl (C=O) groups is 2. The van der Waals surface area contributed by atoms with Gasteiger partial charge in [-0.15, -0.1) is 0 Å². The third-order valence-corrected chi connectivity index (χ3v) is 1.34. The topological polar surface area (TPSA) is 90.0 Å². The van der Waals surface area contributed by atoms with Crippen molar-refractivity contribution >= 4 is 11.9 Å². The highest BCUT2D eigenvalue weighted by Crippen LogP contribution is 1.91. The van der Waals surface area contributed by atoms with Gasteiger partial charge in [-0.2, -0.15) is 5.10 Å². The molecule has 0 aliphatic carbocycles. The molecular formula is C7H10N4O2. The van der Waals surface area contributed by atoms with Gasteiger partial charge in [0.1, 0.15) is 6.54 Å². The van der Waals surface area contributed by atoms with Crippen LogP contribution in [0.3, 0.4) is 0 Å². The fraction of sp³-hybridized carbons (Fsp3) is 0.286. The Labute approximate surface area is 74.7 Å². The number of amides is 3. The Kier molecular flexibility index (Phi) is 2.63. The number of imide groups is 1. The highest BCUT2D eigenvalue weighted by atomic mass is 16.2. The lowest BCUT2D eigenvalue weighted by Gasteiger charge is -2.00. The minimum Gasteiger partial charge on any atom is -0.351 e. The summed E-state index contributed by atoms with van der Waals surface area (Å²) in [6.45, 7) is 1.80. The van der Waals surface area contributed by atoms with Crippen molar-refractivity contribution in [3.63, 3.8) is 0 Å². The summed E-state index contributed by atoms with van der Waals surface area (Å²) in [6.07, 6.45) is 1.65. The molecule has 0 saturated heterocycles. The van der Waals surface area contributed by atoms with Gasteiger partial charge in [0.25, 0.3) is 0 Å². The van der Waals surface area contributed by atoms with Gasteiger partial charge in [0, 0.05) is 6.20 Å². The van der Waals surface area contributed by atoms with Gasteiger partial charge in [0.2, 0.25) is 5.91 Å². The van der Waals surface area contributed by atoms with E-state index in [1.165, 1.54) is 4.68 Å². The van der Waals surface area contributed by atoms with Crippen LogP contribution in [-0.4, -0.2) is 21.7 Å². The van der Waals surface area contributed by atoms with E-state index in [9.17, 15) is 9.59 Å². The summed E-state index contributed by atoms with van der Waals surface area (Å²) in [5.41, 5.74) is 5.56. The number of aryl methyl sites for hydroxylation is 1. The lowest BCUT2D eigenvalue weighted by atomic mass is 10.5. The maximum absolute atomic E-state index is 11.0. The summed E-state index contributed by atoms with van der Waals surface area (Å²) in [4.78, 5) is 21.2. The lowest BCUT2D eigenvalue weighted by molar-refractivity contribution is -0.120. The fourth-order valence-corrected chi connectivity index (χ4v) is 0.875. The second-order valence-electron chi connectivity index (χ2n) is 2.57. The number of urea groups is 1. The van der Waals surface area contributed by atoms with E-state index >= 15 is 0 Å². The van der Waals surface area contributed by atoms with Crippen molar-refractivity contribution in [2.24, 2.45) is 5.73 Å². The summed E-state index contributed by atoms with van der Waals surface area (Å²) in [6, 6.07) is 0.909. The zero-order valence-corrected chi connectivity index (χ0v) is 7.15. The van der Waals surface area contributed by atoms with Crippen molar-refractivity contribution < 1.29 is 9.59 Å². The Balaban J connectivity index is 2.50. The van der Waals surface area contributed by atoms with Crippen LogP contribution in [0.4, 0.5) is 4.79 Å². The molecule has 13 heavy (non-hydrogen) atoms. The predicted octanol–water partition coefficient (Wildman–Crippen LogP) is -0.614.